The molecule has 3 aromatic rings. The van der Waals surface area contributed by atoms with Gasteiger partial charge in [0.25, 0.3) is 0 Å². The summed E-state index contributed by atoms with van der Waals surface area (Å²) in [6.07, 6.45) is 1.64. The molecule has 0 amide bonds. The number of rotatable bonds is 4. The van der Waals surface area contributed by atoms with Crippen molar-refractivity contribution in [2.45, 2.75) is 6.42 Å². The van der Waals surface area contributed by atoms with E-state index in [1.165, 1.54) is 17.6 Å². The lowest BCUT2D eigenvalue weighted by Crippen LogP contribution is -2.02. The quantitative estimate of drug-likeness (QED) is 0.667. The van der Waals surface area contributed by atoms with Crippen LogP contribution in [0.5, 0.6) is 0 Å². The number of hydrogen-bond acceptors (Lipinski definition) is 4. The van der Waals surface area contributed by atoms with Crippen molar-refractivity contribution in [1.29, 1.82) is 0 Å². The van der Waals surface area contributed by atoms with Crippen LogP contribution in [0.2, 0.25) is 5.22 Å². The summed E-state index contributed by atoms with van der Waals surface area (Å²) in [6, 6.07) is 11.5. The average molecular weight is 304 g/mol. The topological polar surface area (TPSA) is 43.1 Å². The number of halogens is 1. The minimum absolute atomic E-state index is 0.0855. The van der Waals surface area contributed by atoms with E-state index in [1.54, 1.807) is 6.07 Å². The monoisotopic (exact) mass is 303 g/mol. The fourth-order valence-electron chi connectivity index (χ4n) is 1.86. The Balaban J connectivity index is 1.78. The molecule has 0 saturated carbocycles. The minimum Gasteiger partial charge on any atom is -0.452 e. The molecule has 3 rings (SSSR count). The molecule has 0 spiro atoms. The summed E-state index contributed by atoms with van der Waals surface area (Å²) < 4.78 is 4.93. The van der Waals surface area contributed by atoms with Crippen molar-refractivity contribution in [1.82, 2.24) is 4.98 Å². The first-order chi connectivity index (χ1) is 9.74. The molecular formula is C15H10ClNO2S. The molecule has 5 heteroatoms. The predicted octanol–water partition coefficient (Wildman–Crippen LogP) is 4.48. The highest BCUT2D eigenvalue weighted by atomic mass is 35.5. The first kappa shape index (κ1) is 13.1. The minimum atomic E-state index is -0.0855. The van der Waals surface area contributed by atoms with E-state index in [9.17, 15) is 4.79 Å². The van der Waals surface area contributed by atoms with Crippen LogP contribution in [0, 0.1) is 0 Å². The first-order valence-corrected chi connectivity index (χ1v) is 7.26. The summed E-state index contributed by atoms with van der Waals surface area (Å²) in [4.78, 5) is 16.5. The molecule has 0 unspecified atom stereocenters. The van der Waals surface area contributed by atoms with Gasteiger partial charge in [0, 0.05) is 10.9 Å². The first-order valence-electron chi connectivity index (χ1n) is 6.00. The van der Waals surface area contributed by atoms with Crippen molar-refractivity contribution in [3.8, 4) is 11.3 Å². The molecule has 0 radical (unpaired) electrons. The van der Waals surface area contributed by atoms with Crippen molar-refractivity contribution in [3.63, 3.8) is 0 Å². The summed E-state index contributed by atoms with van der Waals surface area (Å²) in [5, 5.41) is 2.86. The summed E-state index contributed by atoms with van der Waals surface area (Å²) in [5.41, 5.74) is 2.34. The van der Waals surface area contributed by atoms with Gasteiger partial charge in [-0.15, -0.1) is 11.3 Å². The number of carbonyl (C=O) groups excluding carboxylic acids is 1. The molecule has 0 bridgehead atoms. The van der Waals surface area contributed by atoms with Crippen LogP contribution in [0.25, 0.3) is 11.3 Å². The second-order valence-corrected chi connectivity index (χ2v) is 5.49. The Morgan fingerprint density at radius 3 is 2.75 bits per heavy atom. The van der Waals surface area contributed by atoms with Crippen LogP contribution in [-0.4, -0.2) is 10.8 Å². The number of Topliss-reactive ketones (excluding diaryl/α,β-unsaturated/α-hetero) is 1. The van der Waals surface area contributed by atoms with Gasteiger partial charge in [-0.2, -0.15) is 0 Å². The molecule has 0 atom stereocenters. The van der Waals surface area contributed by atoms with Crippen LogP contribution >= 0.6 is 22.9 Å². The summed E-state index contributed by atoms with van der Waals surface area (Å²) in [5.74, 6) is -0.0855. The third-order valence-corrected chi connectivity index (χ3v) is 3.99. The predicted molar refractivity (Wildman–Crippen MR) is 79.3 cm³/mol. The number of aromatic nitrogens is 1. The zero-order valence-corrected chi connectivity index (χ0v) is 11.9. The Morgan fingerprint density at radius 1 is 1.25 bits per heavy atom. The molecule has 1 aromatic carbocycles. The maximum absolute atomic E-state index is 12.1. The second kappa shape index (κ2) is 5.61. The molecule has 0 fully saturated rings. The van der Waals surface area contributed by atoms with Gasteiger partial charge in [0.2, 0.25) is 5.22 Å². The van der Waals surface area contributed by atoms with Crippen LogP contribution in [0.4, 0.5) is 0 Å². The maximum Gasteiger partial charge on any atom is 0.203 e. The lowest BCUT2D eigenvalue weighted by Gasteiger charge is -1.96. The number of nitrogens with zero attached hydrogens (tertiary/aromatic N) is 1. The lowest BCUT2D eigenvalue weighted by atomic mass is 10.1. The van der Waals surface area contributed by atoms with Crippen molar-refractivity contribution in [2.24, 2.45) is 0 Å². The Morgan fingerprint density at radius 2 is 2.05 bits per heavy atom. The zero-order valence-electron chi connectivity index (χ0n) is 10.4. The van der Waals surface area contributed by atoms with Gasteiger partial charge < -0.3 is 4.42 Å². The van der Waals surface area contributed by atoms with E-state index in [0.717, 1.165) is 16.3 Å². The van der Waals surface area contributed by atoms with E-state index in [0.29, 0.717) is 5.56 Å². The number of thiazole rings is 1. The Labute approximate surface area is 124 Å². The van der Waals surface area contributed by atoms with Crippen LogP contribution in [-0.2, 0) is 6.42 Å². The third kappa shape index (κ3) is 2.66. The number of hydrogen-bond donors (Lipinski definition) is 0. The summed E-state index contributed by atoms with van der Waals surface area (Å²) in [7, 11) is 0. The van der Waals surface area contributed by atoms with E-state index in [1.807, 2.05) is 35.7 Å². The van der Waals surface area contributed by atoms with E-state index >= 15 is 0 Å². The van der Waals surface area contributed by atoms with Gasteiger partial charge in [0.1, 0.15) is 5.01 Å². The highest BCUT2D eigenvalue weighted by Gasteiger charge is 2.15. The van der Waals surface area contributed by atoms with Gasteiger partial charge in [-0.25, -0.2) is 4.98 Å². The Kier molecular flexibility index (Phi) is 3.67. The molecular weight excluding hydrogens is 294 g/mol. The van der Waals surface area contributed by atoms with Crippen LogP contribution in [0.1, 0.15) is 15.4 Å². The largest absolute Gasteiger partial charge is 0.452 e. The van der Waals surface area contributed by atoms with Gasteiger partial charge in [-0.3, -0.25) is 4.79 Å². The van der Waals surface area contributed by atoms with E-state index in [4.69, 9.17) is 16.0 Å². The van der Waals surface area contributed by atoms with E-state index < -0.39 is 0 Å². The van der Waals surface area contributed by atoms with Crippen LogP contribution in [0.3, 0.4) is 0 Å². The summed E-state index contributed by atoms with van der Waals surface area (Å²) in [6.45, 7) is 0. The Hall–Kier alpha value is -1.91. The molecule has 0 N–H and O–H groups in total. The standard InChI is InChI=1S/C15H10ClNO2S/c16-15-11(6-7-19-15)13(18)8-14-17-12(9-20-14)10-4-2-1-3-5-10/h1-7,9H,8H2. The molecule has 0 saturated heterocycles. The van der Waals surface area contributed by atoms with Gasteiger partial charge in [0.05, 0.1) is 23.9 Å². The molecule has 3 nitrogen and oxygen atoms in total. The van der Waals surface area contributed by atoms with Crippen molar-refractivity contribution in [2.75, 3.05) is 0 Å². The van der Waals surface area contributed by atoms with Gasteiger partial charge in [-0.1, -0.05) is 30.3 Å². The molecule has 100 valence electrons. The van der Waals surface area contributed by atoms with Gasteiger partial charge in [-0.05, 0) is 17.7 Å². The normalized spacial score (nSPS) is 10.7. The molecule has 2 heterocycles. The average Bonchev–Trinajstić information content (AvgIpc) is 3.09. The molecule has 20 heavy (non-hydrogen) atoms. The molecule has 2 aromatic heterocycles. The SMILES string of the molecule is O=C(Cc1nc(-c2ccccc2)cs1)c1ccoc1Cl. The van der Waals surface area contributed by atoms with Gasteiger partial charge >= 0.3 is 0 Å². The van der Waals surface area contributed by atoms with Crippen molar-refractivity contribution in [3.05, 3.63) is 63.8 Å². The molecule has 0 aliphatic heterocycles. The smallest absolute Gasteiger partial charge is 0.203 e. The summed E-state index contributed by atoms with van der Waals surface area (Å²) >= 11 is 7.27. The highest BCUT2D eigenvalue weighted by Crippen LogP contribution is 2.24. The van der Waals surface area contributed by atoms with Crippen LogP contribution in [0.15, 0.2) is 52.5 Å². The Bertz CT molecular complexity index is 733. The van der Waals surface area contributed by atoms with Crippen LogP contribution < -0.4 is 0 Å². The number of benzene rings is 1. The van der Waals surface area contributed by atoms with E-state index in [2.05, 4.69) is 4.98 Å². The number of furan rings is 1. The zero-order chi connectivity index (χ0) is 13.9. The number of ketones is 1. The molecule has 0 aliphatic carbocycles. The fraction of sp³-hybridized carbons (Fsp3) is 0.0667. The van der Waals surface area contributed by atoms with E-state index in [-0.39, 0.29) is 17.4 Å². The van der Waals surface area contributed by atoms with Gasteiger partial charge in [0.15, 0.2) is 5.78 Å². The molecule has 0 aliphatic rings. The number of carbonyl (C=O) groups is 1. The second-order valence-electron chi connectivity index (χ2n) is 4.20. The van der Waals surface area contributed by atoms with Crippen molar-refractivity contribution >= 4 is 28.7 Å². The third-order valence-electron chi connectivity index (χ3n) is 2.85. The highest BCUT2D eigenvalue weighted by molar-refractivity contribution is 7.10. The lowest BCUT2D eigenvalue weighted by molar-refractivity contribution is 0.0992. The fourth-order valence-corrected chi connectivity index (χ4v) is 2.88. The maximum atomic E-state index is 12.1. The van der Waals surface area contributed by atoms with Crippen molar-refractivity contribution < 1.29 is 9.21 Å².